The Morgan fingerprint density at radius 3 is 1.60 bits per heavy atom. The first-order chi connectivity index (χ1) is 13.1. The van der Waals surface area contributed by atoms with Crippen LogP contribution in [-0.4, -0.2) is 6.61 Å². The van der Waals surface area contributed by atoms with Gasteiger partial charge in [0, 0.05) is 0 Å². The Kier molecular flexibility index (Phi) is 23.1. The zero-order valence-electron chi connectivity index (χ0n) is 20.4. The van der Waals surface area contributed by atoms with E-state index in [-0.39, 0.29) is 71.5 Å². The monoisotopic (exact) mass is 424 g/mol. The third-order valence-corrected chi connectivity index (χ3v) is 3.53. The summed E-state index contributed by atoms with van der Waals surface area (Å²) < 4.78 is 0. The maximum atomic E-state index is 12.0. The van der Waals surface area contributed by atoms with Gasteiger partial charge in [0.15, 0.2) is 0 Å². The average molecular weight is 425 g/mol. The maximum Gasteiger partial charge on any atom is 1.00 e. The summed E-state index contributed by atoms with van der Waals surface area (Å²) in [5.74, 6) is -0.0473. The molecule has 0 amide bonds. The number of hydrogen-bond donors (Lipinski definition) is 0. The van der Waals surface area contributed by atoms with E-state index in [1.165, 1.54) is 11.1 Å². The van der Waals surface area contributed by atoms with Gasteiger partial charge in [-0.25, -0.2) is 0 Å². The number of allylic oxidation sites excluding steroid dienone is 16. The Labute approximate surface area is 228 Å². The molecule has 0 atom stereocenters. The summed E-state index contributed by atoms with van der Waals surface area (Å²) in [6.07, 6.45) is 20.7. The summed E-state index contributed by atoms with van der Waals surface area (Å²) in [5.41, 5.74) is 6.15. The topological polar surface area (TPSA) is 46.1 Å². The summed E-state index contributed by atoms with van der Waals surface area (Å²) in [6, 6.07) is 0. The fourth-order valence-corrected chi connectivity index (χ4v) is 2.27. The third kappa shape index (κ3) is 20.7. The number of rotatable bonds is 9. The van der Waals surface area contributed by atoms with E-state index in [9.17, 15) is 10.2 Å². The second-order valence-electron chi connectivity index (χ2n) is 7.26. The quantitative estimate of drug-likeness (QED) is 0.282. The minimum Gasteiger partial charge on any atom is -0.872 e. The molecular weight excluding hydrogens is 390 g/mol. The van der Waals surface area contributed by atoms with E-state index < -0.39 is 0 Å². The molecule has 0 aromatic carbocycles. The van der Waals surface area contributed by atoms with E-state index in [4.69, 9.17) is 0 Å². The van der Waals surface area contributed by atoms with Gasteiger partial charge in [0.25, 0.3) is 0 Å². The van der Waals surface area contributed by atoms with Gasteiger partial charge in [-0.3, -0.25) is 0 Å². The summed E-state index contributed by atoms with van der Waals surface area (Å²) in [5, 5.41) is 22.8. The SMILES string of the molecule is CC(C)=C/C(C)=C/C=C/C(C)=C/C=C([O-])\C=C(C)\C=C\C=C(C)\C=C(/C)C[O-].[Na+].[Na+]. The van der Waals surface area contributed by atoms with Crippen molar-refractivity contribution in [2.24, 2.45) is 0 Å². The summed E-state index contributed by atoms with van der Waals surface area (Å²) in [7, 11) is 0. The molecule has 0 aliphatic heterocycles. The molecule has 152 valence electrons. The first-order valence-electron chi connectivity index (χ1n) is 9.48. The Hall–Kier alpha value is -0.580. The molecule has 2 nitrogen and oxygen atoms in total. The van der Waals surface area contributed by atoms with E-state index in [2.05, 4.69) is 26.8 Å². The van der Waals surface area contributed by atoms with Gasteiger partial charge < -0.3 is 10.2 Å². The van der Waals surface area contributed by atoms with Gasteiger partial charge in [0.1, 0.15) is 0 Å². The molecule has 0 spiro atoms. The van der Waals surface area contributed by atoms with Crippen molar-refractivity contribution in [2.45, 2.75) is 48.5 Å². The van der Waals surface area contributed by atoms with Gasteiger partial charge in [-0.1, -0.05) is 100 Å². The predicted molar refractivity (Wildman–Crippen MR) is 119 cm³/mol. The molecule has 0 rings (SSSR count). The van der Waals surface area contributed by atoms with E-state index in [0.717, 1.165) is 22.3 Å². The van der Waals surface area contributed by atoms with Crippen molar-refractivity contribution in [2.75, 3.05) is 6.61 Å². The molecule has 0 aromatic rings. The minimum absolute atomic E-state index is 0. The van der Waals surface area contributed by atoms with Crippen molar-refractivity contribution < 1.29 is 69.3 Å². The molecule has 0 N–H and O–H groups in total. The smallest absolute Gasteiger partial charge is 0.872 e. The van der Waals surface area contributed by atoms with Crippen molar-refractivity contribution in [3.8, 4) is 0 Å². The fourth-order valence-electron chi connectivity index (χ4n) is 2.27. The van der Waals surface area contributed by atoms with Gasteiger partial charge in [-0.15, -0.1) is 12.4 Å². The Morgan fingerprint density at radius 1 is 0.600 bits per heavy atom. The van der Waals surface area contributed by atoms with Crippen LogP contribution in [0.3, 0.4) is 0 Å². The van der Waals surface area contributed by atoms with Crippen LogP contribution in [0.25, 0.3) is 0 Å². The zero-order chi connectivity index (χ0) is 21.5. The van der Waals surface area contributed by atoms with Crippen molar-refractivity contribution in [3.05, 3.63) is 106 Å². The molecule has 0 aliphatic rings. The number of hydrogen-bond acceptors (Lipinski definition) is 2. The van der Waals surface area contributed by atoms with Gasteiger partial charge >= 0.3 is 59.1 Å². The summed E-state index contributed by atoms with van der Waals surface area (Å²) in [6.45, 7) is 13.6. The van der Waals surface area contributed by atoms with Crippen molar-refractivity contribution in [1.29, 1.82) is 0 Å². The Bertz CT molecular complexity index is 780. The van der Waals surface area contributed by atoms with E-state index >= 15 is 0 Å². The van der Waals surface area contributed by atoms with Crippen LogP contribution in [-0.2, 0) is 0 Å². The normalized spacial score (nSPS) is 14.7. The molecular formula is C26H34Na2O2. The van der Waals surface area contributed by atoms with Crippen LogP contribution in [0.5, 0.6) is 0 Å². The molecule has 0 radical (unpaired) electrons. The molecule has 30 heavy (non-hydrogen) atoms. The summed E-state index contributed by atoms with van der Waals surface area (Å²) in [4.78, 5) is 0. The Balaban J connectivity index is -0.00000364. The van der Waals surface area contributed by atoms with E-state index in [0.29, 0.717) is 0 Å². The van der Waals surface area contributed by atoms with Crippen molar-refractivity contribution >= 4 is 0 Å². The molecule has 0 saturated carbocycles. The molecule has 0 aromatic heterocycles. The van der Waals surface area contributed by atoms with E-state index in [1.54, 1.807) is 12.2 Å². The second kappa shape index (κ2) is 20.3. The summed E-state index contributed by atoms with van der Waals surface area (Å²) >= 11 is 0. The third-order valence-electron chi connectivity index (χ3n) is 3.53. The van der Waals surface area contributed by atoms with Crippen molar-refractivity contribution in [1.82, 2.24) is 0 Å². The fraction of sp³-hybridized carbons (Fsp3) is 0.308. The van der Waals surface area contributed by atoms with Crippen LogP contribution in [0.4, 0.5) is 0 Å². The van der Waals surface area contributed by atoms with Gasteiger partial charge in [-0.05, 0) is 48.5 Å². The molecule has 0 bridgehead atoms. The molecule has 0 heterocycles. The maximum absolute atomic E-state index is 12.0. The van der Waals surface area contributed by atoms with Gasteiger partial charge in [0.2, 0.25) is 0 Å². The van der Waals surface area contributed by atoms with Crippen molar-refractivity contribution in [3.63, 3.8) is 0 Å². The Morgan fingerprint density at radius 2 is 1.10 bits per heavy atom. The molecule has 4 heteroatoms. The van der Waals surface area contributed by atoms with Crippen LogP contribution in [0, 0.1) is 0 Å². The molecule has 0 aliphatic carbocycles. The van der Waals surface area contributed by atoms with Crippen LogP contribution in [0.15, 0.2) is 106 Å². The largest absolute Gasteiger partial charge is 1.00 e. The van der Waals surface area contributed by atoms with Gasteiger partial charge in [0.05, 0.1) is 0 Å². The van der Waals surface area contributed by atoms with Crippen LogP contribution in [0.1, 0.15) is 48.5 Å². The van der Waals surface area contributed by atoms with Crippen LogP contribution < -0.4 is 69.3 Å². The second-order valence-corrected chi connectivity index (χ2v) is 7.26. The standard InChI is InChI=1S/C26H35O2.2Na/c1-20(2)16-22(4)11-8-10-21(3)14-15-26(28)18-24(6)13-9-12-23(5)17-25(7)19-27;;/h8-18,28H,19H2,1-7H3;;/q-1;2*+1/p-1/b10-8+,13-9+,21-14+,22-11+,23-12+,24-18+,25-17+,26-15+;;. The van der Waals surface area contributed by atoms with Crippen LogP contribution >= 0.6 is 0 Å². The molecule has 0 saturated heterocycles. The van der Waals surface area contributed by atoms with Crippen LogP contribution in [0.2, 0.25) is 0 Å². The van der Waals surface area contributed by atoms with Gasteiger partial charge in [-0.2, -0.15) is 0 Å². The average Bonchev–Trinajstić information content (AvgIpc) is 2.59. The predicted octanol–water partition coefficient (Wildman–Crippen LogP) is -0.591. The zero-order valence-corrected chi connectivity index (χ0v) is 24.4. The first kappa shape index (κ1) is 34.0. The molecule has 0 unspecified atom stereocenters. The van der Waals surface area contributed by atoms with E-state index in [1.807, 2.05) is 76.3 Å². The first-order valence-corrected chi connectivity index (χ1v) is 9.48. The molecule has 0 fully saturated rings. The minimum atomic E-state index is -0.189.